The molecule has 2 heterocycles. The molecule has 1 aliphatic rings. The van der Waals surface area contributed by atoms with Gasteiger partial charge in [-0.15, -0.1) is 0 Å². The van der Waals surface area contributed by atoms with Crippen molar-refractivity contribution in [2.45, 2.75) is 18.9 Å². The molecule has 1 aliphatic heterocycles. The minimum atomic E-state index is 0.405. The van der Waals surface area contributed by atoms with Crippen LogP contribution < -0.4 is 10.2 Å². The van der Waals surface area contributed by atoms with Gasteiger partial charge in [0, 0.05) is 19.5 Å². The van der Waals surface area contributed by atoms with Crippen LogP contribution in [0.15, 0.2) is 47.3 Å². The van der Waals surface area contributed by atoms with Gasteiger partial charge in [0.05, 0.1) is 17.4 Å². The van der Waals surface area contributed by atoms with E-state index >= 15 is 0 Å². The van der Waals surface area contributed by atoms with E-state index in [1.165, 1.54) is 5.56 Å². The number of hydrogen-bond donors (Lipinski definition) is 1. The van der Waals surface area contributed by atoms with Gasteiger partial charge in [-0.05, 0) is 5.56 Å². The Bertz CT molecular complexity index is 520. The molecule has 1 aromatic heterocycles. The van der Waals surface area contributed by atoms with E-state index in [0.29, 0.717) is 12.0 Å². The molecule has 3 rings (SSSR count). The Kier molecular flexibility index (Phi) is 2.74. The Labute approximate surface area is 107 Å². The fraction of sp³-hybridized carbons (Fsp3) is 0.333. The van der Waals surface area contributed by atoms with Crippen LogP contribution in [0.1, 0.15) is 18.4 Å². The average Bonchev–Trinajstić information content (AvgIpc) is 2.88. The second-order valence-electron chi connectivity index (χ2n) is 5.00. The minimum Gasteiger partial charge on any atom is -0.468 e. The van der Waals surface area contributed by atoms with Crippen LogP contribution in [0, 0.1) is 0 Å². The third-order valence-corrected chi connectivity index (χ3v) is 3.79. The van der Waals surface area contributed by atoms with Crippen molar-refractivity contribution in [1.82, 2.24) is 0 Å². The van der Waals surface area contributed by atoms with Crippen LogP contribution in [0.2, 0.25) is 0 Å². The average molecular weight is 242 g/mol. The maximum atomic E-state index is 5.27. The lowest BCUT2D eigenvalue weighted by atomic mass is 9.92. The lowest BCUT2D eigenvalue weighted by Crippen LogP contribution is -2.41. The lowest BCUT2D eigenvalue weighted by molar-refractivity contribution is 0.568. The molecule has 94 valence electrons. The largest absolute Gasteiger partial charge is 0.468 e. The SMILES string of the molecule is CC(c1ccccc1)C1CN(C)c2cocc2N1. The number of likely N-dealkylation sites (N-methyl/N-ethyl adjacent to an activating group) is 1. The number of furan rings is 1. The first kappa shape index (κ1) is 11.2. The zero-order chi connectivity index (χ0) is 12.5. The molecule has 18 heavy (non-hydrogen) atoms. The molecule has 0 radical (unpaired) electrons. The summed E-state index contributed by atoms with van der Waals surface area (Å²) in [5, 5.41) is 3.57. The highest BCUT2D eigenvalue weighted by Gasteiger charge is 2.27. The van der Waals surface area contributed by atoms with E-state index in [1.54, 1.807) is 12.5 Å². The number of anilines is 2. The lowest BCUT2D eigenvalue weighted by Gasteiger charge is -2.35. The number of benzene rings is 1. The number of hydrogen-bond acceptors (Lipinski definition) is 3. The molecule has 2 unspecified atom stereocenters. The van der Waals surface area contributed by atoms with E-state index in [1.807, 2.05) is 0 Å². The van der Waals surface area contributed by atoms with Crippen molar-refractivity contribution in [1.29, 1.82) is 0 Å². The van der Waals surface area contributed by atoms with E-state index < -0.39 is 0 Å². The summed E-state index contributed by atoms with van der Waals surface area (Å²) in [6, 6.07) is 11.0. The van der Waals surface area contributed by atoms with Gasteiger partial charge >= 0.3 is 0 Å². The highest BCUT2D eigenvalue weighted by Crippen LogP contribution is 2.34. The molecule has 0 aliphatic carbocycles. The van der Waals surface area contributed by atoms with E-state index in [0.717, 1.165) is 17.9 Å². The third-order valence-electron chi connectivity index (χ3n) is 3.79. The minimum absolute atomic E-state index is 0.405. The van der Waals surface area contributed by atoms with Gasteiger partial charge in [-0.1, -0.05) is 37.3 Å². The molecule has 0 spiro atoms. The van der Waals surface area contributed by atoms with Crippen LogP contribution in [-0.4, -0.2) is 19.6 Å². The van der Waals surface area contributed by atoms with Crippen molar-refractivity contribution < 1.29 is 4.42 Å². The number of nitrogens with one attached hydrogen (secondary N) is 1. The maximum Gasteiger partial charge on any atom is 0.116 e. The molecular weight excluding hydrogens is 224 g/mol. The fourth-order valence-electron chi connectivity index (χ4n) is 2.60. The second-order valence-corrected chi connectivity index (χ2v) is 5.00. The van der Waals surface area contributed by atoms with Gasteiger partial charge in [0.15, 0.2) is 0 Å². The zero-order valence-electron chi connectivity index (χ0n) is 10.8. The smallest absolute Gasteiger partial charge is 0.116 e. The van der Waals surface area contributed by atoms with Crippen LogP contribution in [0.3, 0.4) is 0 Å². The normalized spacial score (nSPS) is 20.1. The van der Waals surface area contributed by atoms with Gasteiger partial charge in [0.25, 0.3) is 0 Å². The van der Waals surface area contributed by atoms with E-state index in [-0.39, 0.29) is 0 Å². The highest BCUT2D eigenvalue weighted by atomic mass is 16.3. The van der Waals surface area contributed by atoms with Gasteiger partial charge in [0.2, 0.25) is 0 Å². The van der Waals surface area contributed by atoms with Crippen molar-refractivity contribution in [3.8, 4) is 0 Å². The maximum absolute atomic E-state index is 5.27. The summed E-state index contributed by atoms with van der Waals surface area (Å²) in [5.74, 6) is 0.469. The fourth-order valence-corrected chi connectivity index (χ4v) is 2.60. The van der Waals surface area contributed by atoms with Gasteiger partial charge in [-0.3, -0.25) is 0 Å². The standard InChI is InChI=1S/C15H18N2O/c1-11(12-6-4-3-5-7-12)13-8-17(2)15-10-18-9-14(15)16-13/h3-7,9-11,13,16H,8H2,1-2H3. The summed E-state index contributed by atoms with van der Waals surface area (Å²) < 4.78 is 5.27. The quantitative estimate of drug-likeness (QED) is 0.875. The summed E-state index contributed by atoms with van der Waals surface area (Å²) in [6.07, 6.45) is 3.58. The van der Waals surface area contributed by atoms with Crippen molar-refractivity contribution >= 4 is 11.4 Å². The number of fused-ring (bicyclic) bond motifs is 1. The molecule has 1 N–H and O–H groups in total. The zero-order valence-corrected chi connectivity index (χ0v) is 10.8. The van der Waals surface area contributed by atoms with E-state index in [2.05, 4.69) is 54.5 Å². The van der Waals surface area contributed by atoms with Gasteiger partial charge in [0.1, 0.15) is 12.5 Å². The predicted molar refractivity (Wildman–Crippen MR) is 74.2 cm³/mol. The Balaban J connectivity index is 1.83. The molecular formula is C15H18N2O. The number of rotatable bonds is 2. The van der Waals surface area contributed by atoms with Gasteiger partial charge in [-0.2, -0.15) is 0 Å². The molecule has 0 saturated carbocycles. The first-order valence-corrected chi connectivity index (χ1v) is 6.34. The Morgan fingerprint density at radius 3 is 2.83 bits per heavy atom. The first-order valence-electron chi connectivity index (χ1n) is 6.34. The van der Waals surface area contributed by atoms with Crippen LogP contribution in [0.4, 0.5) is 11.4 Å². The van der Waals surface area contributed by atoms with Crippen LogP contribution >= 0.6 is 0 Å². The molecule has 3 nitrogen and oxygen atoms in total. The highest BCUT2D eigenvalue weighted by molar-refractivity contribution is 5.70. The molecule has 0 fully saturated rings. The van der Waals surface area contributed by atoms with Gasteiger partial charge < -0.3 is 14.6 Å². The molecule has 0 bridgehead atoms. The second kappa shape index (κ2) is 4.41. The Morgan fingerprint density at radius 1 is 1.28 bits per heavy atom. The van der Waals surface area contributed by atoms with Crippen LogP contribution in [-0.2, 0) is 0 Å². The predicted octanol–water partition coefficient (Wildman–Crippen LogP) is 3.31. The summed E-state index contributed by atoms with van der Waals surface area (Å²) in [4.78, 5) is 2.25. The third kappa shape index (κ3) is 1.86. The van der Waals surface area contributed by atoms with E-state index in [9.17, 15) is 0 Å². The molecule has 3 heteroatoms. The van der Waals surface area contributed by atoms with Gasteiger partial charge in [-0.25, -0.2) is 0 Å². The van der Waals surface area contributed by atoms with E-state index in [4.69, 9.17) is 4.42 Å². The summed E-state index contributed by atoms with van der Waals surface area (Å²) in [7, 11) is 2.11. The molecule has 2 atom stereocenters. The molecule has 1 aromatic carbocycles. The summed E-state index contributed by atoms with van der Waals surface area (Å²) in [6.45, 7) is 3.26. The molecule has 0 saturated heterocycles. The summed E-state index contributed by atoms with van der Waals surface area (Å²) in [5.41, 5.74) is 3.61. The van der Waals surface area contributed by atoms with Crippen LogP contribution in [0.25, 0.3) is 0 Å². The Hall–Kier alpha value is -1.90. The van der Waals surface area contributed by atoms with Crippen molar-refractivity contribution in [2.75, 3.05) is 23.8 Å². The molecule has 0 amide bonds. The number of nitrogens with zero attached hydrogens (tertiary/aromatic N) is 1. The monoisotopic (exact) mass is 242 g/mol. The Morgan fingerprint density at radius 2 is 2.06 bits per heavy atom. The van der Waals surface area contributed by atoms with Crippen molar-refractivity contribution in [2.24, 2.45) is 0 Å². The topological polar surface area (TPSA) is 28.4 Å². The molecule has 2 aromatic rings. The van der Waals surface area contributed by atoms with Crippen molar-refractivity contribution in [3.05, 3.63) is 48.4 Å². The summed E-state index contributed by atoms with van der Waals surface area (Å²) >= 11 is 0. The van der Waals surface area contributed by atoms with Crippen molar-refractivity contribution in [3.63, 3.8) is 0 Å². The first-order chi connectivity index (χ1) is 8.75. The van der Waals surface area contributed by atoms with Crippen LogP contribution in [0.5, 0.6) is 0 Å².